The molecule has 0 radical (unpaired) electrons. The van der Waals surface area contributed by atoms with E-state index in [1.54, 1.807) is 0 Å². The zero-order valence-electron chi connectivity index (χ0n) is 9.83. The van der Waals surface area contributed by atoms with Crippen LogP contribution in [0, 0.1) is 0 Å². The van der Waals surface area contributed by atoms with E-state index in [0.29, 0.717) is 17.6 Å². The molecule has 2 atom stereocenters. The standard InChI is InChI=1S/C12H21Cl2NO/c1-10(16)7-12-5-3-2-4-6-15(12)9-11(14)8-13/h8,10,12,16H,2-7,9H2,1H3. The first-order valence-corrected chi connectivity index (χ1v) is 6.81. The summed E-state index contributed by atoms with van der Waals surface area (Å²) < 4.78 is 0. The van der Waals surface area contributed by atoms with Gasteiger partial charge in [0.2, 0.25) is 0 Å². The van der Waals surface area contributed by atoms with E-state index in [-0.39, 0.29) is 6.10 Å². The van der Waals surface area contributed by atoms with Crippen molar-refractivity contribution in [3.05, 3.63) is 10.6 Å². The highest BCUT2D eigenvalue weighted by Gasteiger charge is 2.22. The van der Waals surface area contributed by atoms with Gasteiger partial charge in [-0.3, -0.25) is 4.90 Å². The molecule has 1 rings (SSSR count). The predicted molar refractivity (Wildman–Crippen MR) is 69.9 cm³/mol. The molecule has 2 unspecified atom stereocenters. The minimum absolute atomic E-state index is 0.246. The average Bonchev–Trinajstić information content (AvgIpc) is 2.44. The third-order valence-electron chi connectivity index (χ3n) is 3.08. The van der Waals surface area contributed by atoms with Gasteiger partial charge in [-0.25, -0.2) is 0 Å². The summed E-state index contributed by atoms with van der Waals surface area (Å²) in [6.07, 6.45) is 5.46. The Bertz CT molecular complexity index is 231. The molecule has 0 amide bonds. The molecular formula is C12H21Cl2NO. The number of aliphatic hydroxyl groups excluding tert-OH is 1. The van der Waals surface area contributed by atoms with E-state index in [1.807, 2.05) is 6.92 Å². The first-order valence-electron chi connectivity index (χ1n) is 6.00. The number of halogens is 2. The van der Waals surface area contributed by atoms with Gasteiger partial charge < -0.3 is 5.11 Å². The summed E-state index contributed by atoms with van der Waals surface area (Å²) in [6.45, 7) is 3.61. The Morgan fingerprint density at radius 2 is 2.25 bits per heavy atom. The van der Waals surface area contributed by atoms with Crippen LogP contribution in [0.1, 0.15) is 39.0 Å². The fraction of sp³-hybridized carbons (Fsp3) is 0.833. The zero-order valence-corrected chi connectivity index (χ0v) is 11.3. The molecule has 4 heteroatoms. The van der Waals surface area contributed by atoms with Crippen LogP contribution in [0.25, 0.3) is 0 Å². The summed E-state index contributed by atoms with van der Waals surface area (Å²) in [4.78, 5) is 2.35. The average molecular weight is 266 g/mol. The molecule has 0 bridgehead atoms. The van der Waals surface area contributed by atoms with E-state index < -0.39 is 0 Å². The van der Waals surface area contributed by atoms with Crippen LogP contribution in [-0.4, -0.2) is 35.2 Å². The minimum Gasteiger partial charge on any atom is -0.393 e. The van der Waals surface area contributed by atoms with Crippen LogP contribution in [0.4, 0.5) is 0 Å². The van der Waals surface area contributed by atoms with Gasteiger partial charge in [0.25, 0.3) is 0 Å². The fourth-order valence-corrected chi connectivity index (χ4v) is 2.56. The molecule has 0 aromatic carbocycles. The first kappa shape index (κ1) is 14.3. The molecule has 1 heterocycles. The maximum atomic E-state index is 9.51. The maximum Gasteiger partial charge on any atom is 0.0527 e. The SMILES string of the molecule is CC(O)CC1CCCCCN1CC(Cl)=CCl. The topological polar surface area (TPSA) is 23.5 Å². The van der Waals surface area contributed by atoms with Crippen LogP contribution in [-0.2, 0) is 0 Å². The Morgan fingerprint density at radius 3 is 2.88 bits per heavy atom. The predicted octanol–water partition coefficient (Wildman–Crippen LogP) is 3.32. The van der Waals surface area contributed by atoms with Crippen LogP contribution in [0.15, 0.2) is 10.6 Å². The lowest BCUT2D eigenvalue weighted by Crippen LogP contribution is -2.37. The van der Waals surface area contributed by atoms with Crippen LogP contribution in [0.3, 0.4) is 0 Å². The van der Waals surface area contributed by atoms with Crippen molar-refractivity contribution in [1.29, 1.82) is 0 Å². The van der Waals surface area contributed by atoms with E-state index in [4.69, 9.17) is 23.2 Å². The Balaban J connectivity index is 2.58. The second-order valence-electron chi connectivity index (χ2n) is 4.61. The molecule has 1 fully saturated rings. The van der Waals surface area contributed by atoms with Crippen molar-refractivity contribution in [3.63, 3.8) is 0 Å². The monoisotopic (exact) mass is 265 g/mol. The van der Waals surface area contributed by atoms with Crippen molar-refractivity contribution >= 4 is 23.2 Å². The second kappa shape index (κ2) is 7.54. The third-order valence-corrected chi connectivity index (χ3v) is 3.69. The van der Waals surface area contributed by atoms with E-state index in [2.05, 4.69) is 4.90 Å². The Labute approximate surface area is 108 Å². The van der Waals surface area contributed by atoms with Crippen LogP contribution in [0.2, 0.25) is 0 Å². The van der Waals surface area contributed by atoms with Crippen molar-refractivity contribution < 1.29 is 5.11 Å². The van der Waals surface area contributed by atoms with E-state index in [9.17, 15) is 5.11 Å². The van der Waals surface area contributed by atoms with Gasteiger partial charge in [-0.1, -0.05) is 36.0 Å². The molecule has 0 aliphatic carbocycles. The Hall–Kier alpha value is 0.240. The molecule has 1 aliphatic heterocycles. The van der Waals surface area contributed by atoms with Gasteiger partial charge in [0, 0.05) is 23.2 Å². The lowest BCUT2D eigenvalue weighted by Gasteiger charge is -2.30. The van der Waals surface area contributed by atoms with Gasteiger partial charge in [-0.2, -0.15) is 0 Å². The van der Waals surface area contributed by atoms with Gasteiger partial charge in [-0.15, -0.1) is 0 Å². The Morgan fingerprint density at radius 1 is 1.50 bits per heavy atom. The van der Waals surface area contributed by atoms with Crippen molar-refractivity contribution in [2.45, 2.75) is 51.2 Å². The summed E-state index contributed by atoms with van der Waals surface area (Å²) >= 11 is 11.6. The molecule has 1 N–H and O–H groups in total. The van der Waals surface area contributed by atoms with Gasteiger partial charge >= 0.3 is 0 Å². The maximum absolute atomic E-state index is 9.51. The van der Waals surface area contributed by atoms with Crippen molar-refractivity contribution in [2.24, 2.45) is 0 Å². The summed E-state index contributed by atoms with van der Waals surface area (Å²) in [6, 6.07) is 0.438. The Kier molecular flexibility index (Phi) is 6.74. The smallest absolute Gasteiger partial charge is 0.0527 e. The molecule has 94 valence electrons. The van der Waals surface area contributed by atoms with Crippen LogP contribution in [0.5, 0.6) is 0 Å². The molecular weight excluding hydrogens is 245 g/mol. The van der Waals surface area contributed by atoms with E-state index in [0.717, 1.165) is 19.4 Å². The molecule has 1 aliphatic rings. The third kappa shape index (κ3) is 5.05. The lowest BCUT2D eigenvalue weighted by atomic mass is 10.0. The van der Waals surface area contributed by atoms with E-state index >= 15 is 0 Å². The normalized spacial score (nSPS) is 26.5. The largest absolute Gasteiger partial charge is 0.393 e. The van der Waals surface area contributed by atoms with Gasteiger partial charge in [-0.05, 0) is 32.7 Å². The van der Waals surface area contributed by atoms with Crippen molar-refractivity contribution in [1.82, 2.24) is 4.90 Å². The molecule has 2 nitrogen and oxygen atoms in total. The number of likely N-dealkylation sites (tertiary alicyclic amines) is 1. The number of rotatable bonds is 4. The van der Waals surface area contributed by atoms with Gasteiger partial charge in [0.15, 0.2) is 0 Å². The number of hydrogen-bond donors (Lipinski definition) is 1. The molecule has 16 heavy (non-hydrogen) atoms. The highest BCUT2D eigenvalue weighted by molar-refractivity contribution is 6.36. The molecule has 1 saturated heterocycles. The molecule has 0 spiro atoms. The summed E-state index contributed by atoms with van der Waals surface area (Å²) in [7, 11) is 0. The highest BCUT2D eigenvalue weighted by atomic mass is 35.5. The molecule has 0 aromatic rings. The number of hydrogen-bond acceptors (Lipinski definition) is 2. The van der Waals surface area contributed by atoms with Gasteiger partial charge in [0.1, 0.15) is 0 Å². The highest BCUT2D eigenvalue weighted by Crippen LogP contribution is 2.22. The summed E-state index contributed by atoms with van der Waals surface area (Å²) in [5, 5.41) is 10.2. The second-order valence-corrected chi connectivity index (χ2v) is 5.32. The van der Waals surface area contributed by atoms with Crippen molar-refractivity contribution in [2.75, 3.05) is 13.1 Å². The zero-order chi connectivity index (χ0) is 12.0. The first-order chi connectivity index (χ1) is 7.63. The number of nitrogens with zero attached hydrogens (tertiary/aromatic N) is 1. The minimum atomic E-state index is -0.246. The summed E-state index contributed by atoms with van der Waals surface area (Å²) in [5.41, 5.74) is 1.44. The van der Waals surface area contributed by atoms with Crippen molar-refractivity contribution in [3.8, 4) is 0 Å². The lowest BCUT2D eigenvalue weighted by molar-refractivity contribution is 0.119. The number of aliphatic hydroxyl groups is 1. The quantitative estimate of drug-likeness (QED) is 0.843. The van der Waals surface area contributed by atoms with Crippen LogP contribution < -0.4 is 0 Å². The van der Waals surface area contributed by atoms with E-state index in [1.165, 1.54) is 24.8 Å². The molecule has 0 saturated carbocycles. The van der Waals surface area contributed by atoms with Crippen LogP contribution >= 0.6 is 23.2 Å². The fourth-order valence-electron chi connectivity index (χ4n) is 2.33. The molecule has 0 aromatic heterocycles. The van der Waals surface area contributed by atoms with Gasteiger partial charge in [0.05, 0.1) is 6.10 Å². The summed E-state index contributed by atoms with van der Waals surface area (Å²) in [5.74, 6) is 0.